The average molecular weight is 1390 g/mol. The molecule has 0 aliphatic rings. The molecule has 8 aromatic rings. The molecule has 460 valence electrons. The molecular weight excluding hydrogens is 1330 g/mol. The summed E-state index contributed by atoms with van der Waals surface area (Å²) in [4.78, 5) is 65.2. The number of methoxy groups -OCH3 is 2. The quantitative estimate of drug-likeness (QED) is 0.0118. The third kappa shape index (κ3) is 23.1. The van der Waals surface area contributed by atoms with Gasteiger partial charge in [0.15, 0.2) is 37.9 Å². The standard InChI is InChI=1S/C15H15Cl2N3O2.C14H14Cl2N4O2.C10H11NO2.C5H6Cl2N2O.C5H4Cl2N2O.C4H4Cl2N2O/c1-20-12(19-14(16)15(20)17)9-18-11-6-4-3-5-10(11)7-8-13(21)22-2;1-20-11(18-13(15)14(20)16)8-17-10-5-3-2-4-9(10)6-7-12(21)19-22;1-13-10(12)7-6-8-4-2-3-5-9(8)11;2*1-9-3(2-10)8-4(6)5(9)7;5-3-4(6)8-2(1-9)7-3/h3-8,18H,9H2,1-2H3;2-7,17,22H,8H2,1H3,(H,19,21);2-7H,11H2,1H3;10H,2H2,1H3;2H,1H3;9H,1H2,(H,7,8)/b8-7+;2*7-6+;;;. The van der Waals surface area contributed by atoms with Gasteiger partial charge in [-0.2, -0.15) is 0 Å². The van der Waals surface area contributed by atoms with Gasteiger partial charge in [-0.15, -0.1) is 0 Å². The van der Waals surface area contributed by atoms with Crippen molar-refractivity contribution >= 4 is 175 Å². The van der Waals surface area contributed by atoms with E-state index in [0.717, 1.165) is 28.1 Å². The second-order valence-electron chi connectivity index (χ2n) is 16.4. The number of hydrogen-bond donors (Lipinski definition) is 8. The van der Waals surface area contributed by atoms with E-state index in [0.29, 0.717) is 63.8 Å². The Morgan fingerprint density at radius 3 is 1.26 bits per heavy atom. The number of nitrogen functional groups attached to an aromatic ring is 1. The highest BCUT2D eigenvalue weighted by atomic mass is 35.5. The van der Waals surface area contributed by atoms with E-state index in [9.17, 15) is 19.2 Å². The highest BCUT2D eigenvalue weighted by Gasteiger charge is 2.14. The SMILES string of the molecule is COC(=O)/C=C/c1ccccc1N.COC(=O)/C=C/c1ccccc1NCc1nc(Cl)c(Cl)n1C.Cn1c(C=O)nc(Cl)c1Cl.Cn1c(CNc2ccccc2/C=C/C(=O)NO)nc(Cl)c1Cl.Cn1c(CO)nc(Cl)c1Cl.OCc1nc(Cl)c(Cl)[nH]1. The Labute approximate surface area is 542 Å². The molecule has 0 spiro atoms. The minimum absolute atomic E-state index is 0.150. The number of ether oxygens (including phenoxy) is 2. The summed E-state index contributed by atoms with van der Waals surface area (Å²) in [5.74, 6) is 1.08. The number of amides is 1. The van der Waals surface area contributed by atoms with E-state index in [1.807, 2.05) is 66.7 Å². The molecule has 5 aromatic heterocycles. The van der Waals surface area contributed by atoms with Crippen LogP contribution in [0.1, 0.15) is 50.6 Å². The minimum Gasteiger partial charge on any atom is -0.466 e. The van der Waals surface area contributed by atoms with Crippen LogP contribution in [0.2, 0.25) is 51.5 Å². The predicted octanol–water partition coefficient (Wildman–Crippen LogP) is 11.8. The molecule has 33 heteroatoms. The van der Waals surface area contributed by atoms with Gasteiger partial charge in [-0.1, -0.05) is 171 Å². The van der Waals surface area contributed by atoms with Crippen LogP contribution in [0, 0.1) is 0 Å². The van der Waals surface area contributed by atoms with Crippen LogP contribution < -0.4 is 21.8 Å². The Morgan fingerprint density at radius 1 is 0.547 bits per heavy atom. The number of rotatable bonds is 15. The first-order valence-electron chi connectivity index (χ1n) is 24.0. The second kappa shape index (κ2) is 37.7. The summed E-state index contributed by atoms with van der Waals surface area (Å²) >= 11 is 56.9. The monoisotopic (exact) mass is 1380 g/mol. The van der Waals surface area contributed by atoms with Gasteiger partial charge in [0.2, 0.25) is 0 Å². The zero-order valence-electron chi connectivity index (χ0n) is 46.0. The fraction of sp³-hybridized carbons (Fsp3) is 0.189. The first-order chi connectivity index (χ1) is 40.8. The third-order valence-corrected chi connectivity index (χ3v) is 14.7. The number of aliphatic hydroxyl groups is 2. The first kappa shape index (κ1) is 73.4. The molecule has 5 heterocycles. The number of anilines is 3. The smallest absolute Gasteiger partial charge is 0.330 e. The lowest BCUT2D eigenvalue weighted by molar-refractivity contribution is -0.135. The number of aliphatic hydroxyl groups excluding tert-OH is 2. The van der Waals surface area contributed by atoms with Crippen molar-refractivity contribution < 1.29 is 44.1 Å². The number of aromatic amines is 1. The fourth-order valence-corrected chi connectivity index (χ4v) is 7.94. The van der Waals surface area contributed by atoms with Gasteiger partial charge in [-0.25, -0.2) is 40.0 Å². The molecule has 1 amide bonds. The van der Waals surface area contributed by atoms with Crippen LogP contribution in [0.15, 0.2) is 91.0 Å². The topological polar surface area (TPSA) is 310 Å². The molecule has 8 rings (SSSR count). The second-order valence-corrected chi connectivity index (χ2v) is 20.0. The van der Waals surface area contributed by atoms with Crippen molar-refractivity contribution in [2.24, 2.45) is 28.2 Å². The zero-order valence-corrected chi connectivity index (χ0v) is 53.5. The number of hydrogen-bond acceptors (Lipinski definition) is 17. The first-order valence-corrected chi connectivity index (χ1v) is 27.8. The van der Waals surface area contributed by atoms with E-state index in [-0.39, 0.29) is 61.1 Å². The van der Waals surface area contributed by atoms with Gasteiger partial charge in [-0.05, 0) is 53.1 Å². The van der Waals surface area contributed by atoms with E-state index in [4.69, 9.17) is 137 Å². The summed E-state index contributed by atoms with van der Waals surface area (Å²) < 4.78 is 15.4. The summed E-state index contributed by atoms with van der Waals surface area (Å²) in [5.41, 5.74) is 12.0. The summed E-state index contributed by atoms with van der Waals surface area (Å²) in [5, 5.41) is 34.9. The normalized spacial score (nSPS) is 10.5. The molecule has 0 atom stereocenters. The number of carbonyl (C=O) groups excluding carboxylic acids is 4. The van der Waals surface area contributed by atoms with Crippen molar-refractivity contribution in [2.45, 2.75) is 26.3 Å². The molecule has 0 fully saturated rings. The van der Waals surface area contributed by atoms with Crippen molar-refractivity contribution in [1.29, 1.82) is 0 Å². The maximum atomic E-state index is 11.2. The lowest BCUT2D eigenvalue weighted by Gasteiger charge is -2.09. The summed E-state index contributed by atoms with van der Waals surface area (Å²) in [6, 6.07) is 22.3. The Hall–Kier alpha value is -6.81. The number of imidazole rings is 5. The number of H-pyrrole nitrogens is 1. The molecule has 0 bridgehead atoms. The minimum atomic E-state index is -0.600. The summed E-state index contributed by atoms with van der Waals surface area (Å²) in [6.45, 7) is 0.543. The van der Waals surface area contributed by atoms with Gasteiger partial charge in [0.25, 0.3) is 5.91 Å². The van der Waals surface area contributed by atoms with Crippen molar-refractivity contribution in [3.05, 3.63) is 188 Å². The number of aldehydes is 1. The molecule has 0 aliphatic carbocycles. The lowest BCUT2D eigenvalue weighted by Crippen LogP contribution is -2.14. The third-order valence-electron chi connectivity index (χ3n) is 10.8. The zero-order chi connectivity index (χ0) is 64.2. The fourth-order valence-electron chi connectivity index (χ4n) is 6.20. The lowest BCUT2D eigenvalue weighted by atomic mass is 10.1. The molecule has 0 unspecified atom stereocenters. The average Bonchev–Trinajstić information content (AvgIpc) is 4.41. The number of esters is 2. The Bertz CT molecular complexity index is 3490. The number of hydroxylamine groups is 1. The Balaban J connectivity index is 0.000000281. The van der Waals surface area contributed by atoms with Crippen molar-refractivity contribution in [3.8, 4) is 0 Å². The van der Waals surface area contributed by atoms with Crippen LogP contribution in [0.3, 0.4) is 0 Å². The summed E-state index contributed by atoms with van der Waals surface area (Å²) in [6.07, 6.45) is 9.44. The van der Waals surface area contributed by atoms with Crippen LogP contribution in [-0.4, -0.2) is 102 Å². The number of nitrogens with one attached hydrogen (secondary N) is 4. The number of benzene rings is 3. The maximum Gasteiger partial charge on any atom is 0.330 e. The molecule has 9 N–H and O–H groups in total. The number of halogens is 10. The van der Waals surface area contributed by atoms with E-state index < -0.39 is 11.9 Å². The number of carbonyl (C=O) groups is 4. The van der Waals surface area contributed by atoms with Crippen LogP contribution in [0.25, 0.3) is 18.2 Å². The van der Waals surface area contributed by atoms with E-state index in [2.05, 4.69) is 50.0 Å². The summed E-state index contributed by atoms with van der Waals surface area (Å²) in [7, 11) is 9.54. The number of nitrogens with two attached hydrogens (primary N) is 1. The van der Waals surface area contributed by atoms with Crippen molar-refractivity contribution in [2.75, 3.05) is 30.6 Å². The molecule has 3 aromatic carbocycles. The van der Waals surface area contributed by atoms with Gasteiger partial charge in [0.1, 0.15) is 62.3 Å². The molecule has 0 saturated heterocycles. The highest BCUT2D eigenvalue weighted by molar-refractivity contribution is 6.42. The Kier molecular flexibility index (Phi) is 32.2. The molecule has 0 radical (unpaired) electrons. The molecule has 0 saturated carbocycles. The van der Waals surface area contributed by atoms with Crippen LogP contribution in [-0.2, 0) is 78.4 Å². The van der Waals surface area contributed by atoms with Gasteiger partial charge >= 0.3 is 11.9 Å². The van der Waals surface area contributed by atoms with Crippen molar-refractivity contribution in [1.82, 2.24) is 53.7 Å². The number of nitrogens with zero attached hydrogens (tertiary/aromatic N) is 9. The molecule has 86 heavy (non-hydrogen) atoms. The van der Waals surface area contributed by atoms with E-state index in [1.165, 1.54) is 41.6 Å². The molecule has 0 aliphatic heterocycles. The van der Waals surface area contributed by atoms with Gasteiger partial charge in [-0.3, -0.25) is 14.8 Å². The van der Waals surface area contributed by atoms with Gasteiger partial charge in [0, 0.05) is 63.5 Å². The highest BCUT2D eigenvalue weighted by Crippen LogP contribution is 2.26. The molecular formula is C53H54Cl10N14O9. The largest absolute Gasteiger partial charge is 0.466 e. The predicted molar refractivity (Wildman–Crippen MR) is 338 cm³/mol. The number of aromatic nitrogens is 10. The van der Waals surface area contributed by atoms with E-state index in [1.54, 1.807) is 67.1 Å². The van der Waals surface area contributed by atoms with Gasteiger partial charge < -0.3 is 59.3 Å². The van der Waals surface area contributed by atoms with Crippen LogP contribution in [0.5, 0.6) is 0 Å². The van der Waals surface area contributed by atoms with Crippen LogP contribution in [0.4, 0.5) is 17.1 Å². The van der Waals surface area contributed by atoms with E-state index >= 15 is 0 Å². The number of para-hydroxylation sites is 3. The molecule has 23 nitrogen and oxygen atoms in total. The van der Waals surface area contributed by atoms with Crippen LogP contribution >= 0.6 is 116 Å². The van der Waals surface area contributed by atoms with Gasteiger partial charge in [0.05, 0.1) is 27.3 Å². The van der Waals surface area contributed by atoms with Crippen molar-refractivity contribution in [3.63, 3.8) is 0 Å². The Morgan fingerprint density at radius 2 is 0.942 bits per heavy atom. The maximum absolute atomic E-state index is 11.2.